The summed E-state index contributed by atoms with van der Waals surface area (Å²) >= 11 is 0. The van der Waals surface area contributed by atoms with E-state index in [1.54, 1.807) is 0 Å². The number of carbonyl (C=O) groups is 1. The van der Waals surface area contributed by atoms with Crippen molar-refractivity contribution < 1.29 is 13.9 Å². The highest BCUT2D eigenvalue weighted by Gasteiger charge is 2.42. The van der Waals surface area contributed by atoms with E-state index in [0.717, 1.165) is 25.5 Å². The van der Waals surface area contributed by atoms with Gasteiger partial charge in [0.15, 0.2) is 0 Å². The first-order chi connectivity index (χ1) is 12.1. The first-order valence-corrected chi connectivity index (χ1v) is 8.87. The van der Waals surface area contributed by atoms with Crippen LogP contribution in [-0.2, 0) is 11.3 Å². The Balaban J connectivity index is 1.49. The van der Waals surface area contributed by atoms with Crippen LogP contribution in [-0.4, -0.2) is 54.1 Å². The number of hydrogen-bond donors (Lipinski definition) is 0. The second-order valence-electron chi connectivity index (χ2n) is 6.97. The fourth-order valence-electron chi connectivity index (χ4n) is 3.95. The van der Waals surface area contributed by atoms with Gasteiger partial charge in [0.2, 0.25) is 0 Å². The molecule has 2 aliphatic heterocycles. The first kappa shape index (κ1) is 16.4. The molecule has 0 spiro atoms. The van der Waals surface area contributed by atoms with Crippen molar-refractivity contribution in [3.05, 3.63) is 59.0 Å². The minimum Gasteiger partial charge on any atom is -0.466 e. The molecule has 2 saturated heterocycles. The van der Waals surface area contributed by atoms with Gasteiger partial charge in [-0.1, -0.05) is 30.3 Å². The molecule has 0 bridgehead atoms. The van der Waals surface area contributed by atoms with E-state index in [4.69, 9.17) is 9.15 Å². The molecule has 4 rings (SSSR count). The van der Waals surface area contributed by atoms with Crippen molar-refractivity contribution in [3.8, 4) is 0 Å². The van der Waals surface area contributed by atoms with E-state index in [0.29, 0.717) is 24.4 Å². The average Bonchev–Trinajstić information content (AvgIpc) is 3.19. The van der Waals surface area contributed by atoms with Crippen LogP contribution >= 0.6 is 0 Å². The van der Waals surface area contributed by atoms with Gasteiger partial charge in [0.05, 0.1) is 24.3 Å². The number of benzene rings is 1. The fraction of sp³-hybridized carbons (Fsp3) is 0.450. The highest BCUT2D eigenvalue weighted by atomic mass is 16.5. The summed E-state index contributed by atoms with van der Waals surface area (Å²) in [5, 5.41) is 0. The quantitative estimate of drug-likeness (QED) is 0.862. The number of amides is 1. The van der Waals surface area contributed by atoms with E-state index < -0.39 is 0 Å². The molecule has 3 heterocycles. The number of furan rings is 1. The molecule has 0 saturated carbocycles. The Morgan fingerprint density at radius 2 is 2.00 bits per heavy atom. The molecule has 1 aromatic carbocycles. The molecule has 0 unspecified atom stereocenters. The Morgan fingerprint density at radius 3 is 2.72 bits per heavy atom. The van der Waals surface area contributed by atoms with Crippen molar-refractivity contribution in [1.29, 1.82) is 0 Å². The lowest BCUT2D eigenvalue weighted by Crippen LogP contribution is -2.50. The molecular formula is C20H24N2O3. The van der Waals surface area contributed by atoms with Crippen molar-refractivity contribution in [2.75, 3.05) is 26.2 Å². The molecule has 5 heteroatoms. The lowest BCUT2D eigenvalue weighted by Gasteiger charge is -2.36. The minimum atomic E-state index is 0.0482. The standard InChI is InChI=1S/C20H24N2O3/c1-14-10-17(15(2)25-14)20(23)22-12-18-19(13-22)24-9-8-21(18)11-16-6-4-3-5-7-16/h3-7,10,18-19H,8-9,11-13H2,1-2H3/t18-,19+/m1/s1. The van der Waals surface area contributed by atoms with Gasteiger partial charge < -0.3 is 14.1 Å². The summed E-state index contributed by atoms with van der Waals surface area (Å²) in [7, 11) is 0. The molecule has 2 atom stereocenters. The van der Waals surface area contributed by atoms with Crippen LogP contribution < -0.4 is 0 Å². The van der Waals surface area contributed by atoms with Crippen LogP contribution in [0.2, 0.25) is 0 Å². The maximum atomic E-state index is 12.9. The highest BCUT2D eigenvalue weighted by molar-refractivity contribution is 5.95. The third kappa shape index (κ3) is 3.22. The van der Waals surface area contributed by atoms with Gasteiger partial charge in [0.1, 0.15) is 11.5 Å². The molecule has 132 valence electrons. The molecule has 0 aliphatic carbocycles. The number of hydrogen-bond acceptors (Lipinski definition) is 4. The zero-order chi connectivity index (χ0) is 17.4. The minimum absolute atomic E-state index is 0.0482. The Hall–Kier alpha value is -2.11. The summed E-state index contributed by atoms with van der Waals surface area (Å²) in [4.78, 5) is 17.2. The Labute approximate surface area is 148 Å². The summed E-state index contributed by atoms with van der Waals surface area (Å²) in [6.45, 7) is 7.61. The van der Waals surface area contributed by atoms with Crippen molar-refractivity contribution in [2.45, 2.75) is 32.5 Å². The Morgan fingerprint density at radius 1 is 1.20 bits per heavy atom. The largest absolute Gasteiger partial charge is 0.466 e. The van der Waals surface area contributed by atoms with E-state index >= 15 is 0 Å². The molecule has 0 N–H and O–H groups in total. The van der Waals surface area contributed by atoms with E-state index in [1.807, 2.05) is 30.9 Å². The second-order valence-corrected chi connectivity index (χ2v) is 6.97. The van der Waals surface area contributed by atoms with E-state index in [9.17, 15) is 4.79 Å². The van der Waals surface area contributed by atoms with E-state index in [-0.39, 0.29) is 18.1 Å². The van der Waals surface area contributed by atoms with Crippen LogP contribution in [0, 0.1) is 13.8 Å². The van der Waals surface area contributed by atoms with E-state index in [1.165, 1.54) is 5.56 Å². The van der Waals surface area contributed by atoms with Crippen LogP contribution in [0.15, 0.2) is 40.8 Å². The molecule has 1 amide bonds. The topological polar surface area (TPSA) is 45.9 Å². The maximum Gasteiger partial charge on any atom is 0.257 e. The van der Waals surface area contributed by atoms with Gasteiger partial charge in [0, 0.05) is 26.2 Å². The fourth-order valence-corrected chi connectivity index (χ4v) is 3.95. The first-order valence-electron chi connectivity index (χ1n) is 8.87. The van der Waals surface area contributed by atoms with Gasteiger partial charge in [-0.2, -0.15) is 0 Å². The summed E-state index contributed by atoms with van der Waals surface area (Å²) in [5.41, 5.74) is 1.97. The number of fused-ring (bicyclic) bond motifs is 1. The second kappa shape index (κ2) is 6.65. The number of carbonyl (C=O) groups excluding carboxylic acids is 1. The third-order valence-electron chi connectivity index (χ3n) is 5.20. The van der Waals surface area contributed by atoms with Crippen molar-refractivity contribution in [1.82, 2.24) is 9.80 Å². The smallest absolute Gasteiger partial charge is 0.257 e. The zero-order valence-electron chi connectivity index (χ0n) is 14.8. The van der Waals surface area contributed by atoms with Crippen LogP contribution in [0.3, 0.4) is 0 Å². The predicted octanol–water partition coefficient (Wildman–Crippen LogP) is 2.62. The maximum absolute atomic E-state index is 12.9. The number of morpholine rings is 1. The SMILES string of the molecule is Cc1cc(C(=O)N2C[C@@H]3OCCN(Cc4ccccc4)[C@@H]3C2)c(C)o1. The van der Waals surface area contributed by atoms with Gasteiger partial charge in [-0.05, 0) is 25.5 Å². The lowest BCUT2D eigenvalue weighted by atomic mass is 10.1. The normalized spacial score (nSPS) is 23.7. The predicted molar refractivity (Wildman–Crippen MR) is 94.5 cm³/mol. The van der Waals surface area contributed by atoms with Crippen LogP contribution in [0.4, 0.5) is 0 Å². The number of ether oxygens (including phenoxy) is 1. The number of aryl methyl sites for hydroxylation is 2. The number of likely N-dealkylation sites (tertiary alicyclic amines) is 1. The Kier molecular flexibility index (Phi) is 4.36. The summed E-state index contributed by atoms with van der Waals surface area (Å²) in [6.07, 6.45) is 0.0923. The molecule has 2 aliphatic rings. The number of nitrogens with zero attached hydrogens (tertiary/aromatic N) is 2. The van der Waals surface area contributed by atoms with Gasteiger partial charge in [-0.15, -0.1) is 0 Å². The van der Waals surface area contributed by atoms with E-state index in [2.05, 4.69) is 29.2 Å². The highest BCUT2D eigenvalue weighted by Crippen LogP contribution is 2.27. The molecule has 1 aromatic heterocycles. The zero-order valence-corrected chi connectivity index (χ0v) is 14.8. The summed E-state index contributed by atoms with van der Waals surface area (Å²) in [5.74, 6) is 1.52. The van der Waals surface area contributed by atoms with Crippen molar-refractivity contribution in [2.24, 2.45) is 0 Å². The molecule has 25 heavy (non-hydrogen) atoms. The monoisotopic (exact) mass is 340 g/mol. The van der Waals surface area contributed by atoms with Gasteiger partial charge in [-0.3, -0.25) is 9.69 Å². The molecule has 2 fully saturated rings. The van der Waals surface area contributed by atoms with Gasteiger partial charge in [0.25, 0.3) is 5.91 Å². The molecule has 5 nitrogen and oxygen atoms in total. The van der Waals surface area contributed by atoms with Crippen LogP contribution in [0.5, 0.6) is 0 Å². The van der Waals surface area contributed by atoms with Crippen LogP contribution in [0.1, 0.15) is 27.4 Å². The summed E-state index contributed by atoms with van der Waals surface area (Å²) in [6, 6.07) is 12.6. The van der Waals surface area contributed by atoms with Crippen LogP contribution in [0.25, 0.3) is 0 Å². The lowest BCUT2D eigenvalue weighted by molar-refractivity contribution is -0.0503. The number of rotatable bonds is 3. The Bertz CT molecular complexity index is 756. The summed E-state index contributed by atoms with van der Waals surface area (Å²) < 4.78 is 11.5. The molecule has 2 aromatic rings. The molecular weight excluding hydrogens is 316 g/mol. The van der Waals surface area contributed by atoms with Gasteiger partial charge >= 0.3 is 0 Å². The van der Waals surface area contributed by atoms with Crippen molar-refractivity contribution >= 4 is 5.91 Å². The molecule has 0 radical (unpaired) electrons. The van der Waals surface area contributed by atoms with Crippen molar-refractivity contribution in [3.63, 3.8) is 0 Å². The third-order valence-corrected chi connectivity index (χ3v) is 5.20. The average molecular weight is 340 g/mol. The van der Waals surface area contributed by atoms with Gasteiger partial charge in [-0.25, -0.2) is 0 Å².